The first-order valence-corrected chi connectivity index (χ1v) is 14.1. The van der Waals surface area contributed by atoms with Gasteiger partial charge in [0.15, 0.2) is 0 Å². The van der Waals surface area contributed by atoms with Crippen molar-refractivity contribution < 1.29 is 33.4 Å². The summed E-state index contributed by atoms with van der Waals surface area (Å²) in [5.41, 5.74) is 6.72. The molecule has 1 fully saturated rings. The van der Waals surface area contributed by atoms with Crippen molar-refractivity contribution >= 4 is 58.5 Å². The first kappa shape index (κ1) is 28.1. The maximum absolute atomic E-state index is 13.3. The number of esters is 1. The van der Waals surface area contributed by atoms with E-state index in [-0.39, 0.29) is 13.2 Å². The number of hydrogen-bond acceptors (Lipinski definition) is 10. The molecule has 3 N–H and O–H groups in total. The molecule has 0 spiro atoms. The first-order chi connectivity index (χ1) is 19.6. The smallest absolute Gasteiger partial charge is 0.338 e. The number of urea groups is 1. The van der Waals surface area contributed by atoms with Crippen LogP contribution >= 0.6 is 23.1 Å². The molecule has 3 aromatic rings. The SMILES string of the molecule is CCOC(=O)c1ccc(NC(=O)Cn2c3c(sc2=O)[C@@H](c2ccc(OC)cc2)[C@H]2C(=O)N(C(N)=O)C(=O)[C@H]2S3)cc1. The van der Waals surface area contributed by atoms with Crippen LogP contribution in [0, 0.1) is 5.92 Å². The van der Waals surface area contributed by atoms with Gasteiger partial charge in [0.1, 0.15) is 17.5 Å². The van der Waals surface area contributed by atoms with Crippen molar-refractivity contribution in [3.63, 3.8) is 0 Å². The number of carbonyl (C=O) groups is 5. The number of rotatable bonds is 7. The van der Waals surface area contributed by atoms with Gasteiger partial charge in [0, 0.05) is 16.5 Å². The molecule has 14 heteroatoms. The van der Waals surface area contributed by atoms with Crippen LogP contribution in [0.15, 0.2) is 58.4 Å². The van der Waals surface area contributed by atoms with E-state index in [1.807, 2.05) is 0 Å². The van der Waals surface area contributed by atoms with Gasteiger partial charge in [0.2, 0.25) is 11.8 Å². The van der Waals surface area contributed by atoms with Crippen molar-refractivity contribution in [2.75, 3.05) is 19.0 Å². The Bertz CT molecular complexity index is 1610. The van der Waals surface area contributed by atoms with E-state index < -0.39 is 51.7 Å². The number of anilines is 1. The van der Waals surface area contributed by atoms with Crippen LogP contribution in [0.4, 0.5) is 10.5 Å². The van der Waals surface area contributed by atoms with Crippen molar-refractivity contribution in [2.24, 2.45) is 11.7 Å². The molecule has 12 nitrogen and oxygen atoms in total. The minimum absolute atomic E-state index is 0.232. The quantitative estimate of drug-likeness (QED) is 0.307. The third-order valence-corrected chi connectivity index (χ3v) is 9.33. The molecule has 0 saturated carbocycles. The number of thiazole rings is 1. The number of benzene rings is 2. The molecule has 2 aliphatic heterocycles. The van der Waals surface area contributed by atoms with Gasteiger partial charge in [0.25, 0.3) is 5.91 Å². The molecule has 1 aromatic heterocycles. The number of imide groups is 3. The van der Waals surface area contributed by atoms with Crippen molar-refractivity contribution in [1.82, 2.24) is 9.47 Å². The van der Waals surface area contributed by atoms with Crippen molar-refractivity contribution in [1.29, 1.82) is 0 Å². The Morgan fingerprint density at radius 2 is 1.68 bits per heavy atom. The molecule has 5 amide bonds. The maximum Gasteiger partial charge on any atom is 0.338 e. The molecule has 1 saturated heterocycles. The summed E-state index contributed by atoms with van der Waals surface area (Å²) in [5.74, 6) is -3.65. The highest BCUT2D eigenvalue weighted by Gasteiger charge is 2.57. The molecule has 3 heterocycles. The Morgan fingerprint density at radius 1 is 1.00 bits per heavy atom. The number of primary amides is 1. The van der Waals surface area contributed by atoms with E-state index in [0.29, 0.717) is 37.4 Å². The zero-order valence-electron chi connectivity index (χ0n) is 21.8. The molecule has 0 bridgehead atoms. The van der Waals surface area contributed by atoms with Gasteiger partial charge >= 0.3 is 16.9 Å². The second-order valence-corrected chi connectivity index (χ2v) is 11.3. The lowest BCUT2D eigenvalue weighted by Crippen LogP contribution is -2.41. The number of amides is 5. The summed E-state index contributed by atoms with van der Waals surface area (Å²) in [5, 5.41) is 2.04. The van der Waals surface area contributed by atoms with Crippen molar-refractivity contribution in [2.45, 2.75) is 29.7 Å². The molecule has 3 atom stereocenters. The lowest BCUT2D eigenvalue weighted by atomic mass is 9.83. The van der Waals surface area contributed by atoms with Crippen LogP contribution in [0.25, 0.3) is 0 Å². The van der Waals surface area contributed by atoms with Crippen LogP contribution in [-0.4, -0.2) is 58.2 Å². The second-order valence-electron chi connectivity index (χ2n) is 9.13. The average Bonchev–Trinajstić information content (AvgIpc) is 3.39. The summed E-state index contributed by atoms with van der Waals surface area (Å²) < 4.78 is 11.4. The number of methoxy groups -OCH3 is 1. The van der Waals surface area contributed by atoms with Crippen LogP contribution < -0.4 is 20.7 Å². The number of aromatic nitrogens is 1. The Kier molecular flexibility index (Phi) is 7.69. The molecule has 2 aliphatic rings. The van der Waals surface area contributed by atoms with Gasteiger partial charge in [-0.25, -0.2) is 9.59 Å². The van der Waals surface area contributed by atoms with E-state index in [1.165, 1.54) is 35.9 Å². The molecule has 2 aromatic carbocycles. The van der Waals surface area contributed by atoms with Gasteiger partial charge < -0.3 is 20.5 Å². The zero-order chi connectivity index (χ0) is 29.4. The van der Waals surface area contributed by atoms with Gasteiger partial charge in [-0.2, -0.15) is 4.90 Å². The van der Waals surface area contributed by atoms with E-state index in [0.717, 1.165) is 23.1 Å². The normalized spacial score (nSPS) is 19.4. The number of nitrogens with two attached hydrogens (primary N) is 1. The van der Waals surface area contributed by atoms with Crippen LogP contribution in [0.5, 0.6) is 5.75 Å². The van der Waals surface area contributed by atoms with Gasteiger partial charge in [0.05, 0.1) is 30.2 Å². The van der Waals surface area contributed by atoms with E-state index >= 15 is 0 Å². The number of nitrogens with one attached hydrogen (secondary N) is 1. The molecule has 0 aliphatic carbocycles. The van der Waals surface area contributed by atoms with E-state index in [4.69, 9.17) is 15.2 Å². The lowest BCUT2D eigenvalue weighted by molar-refractivity contribution is -0.135. The third kappa shape index (κ3) is 5.11. The largest absolute Gasteiger partial charge is 0.497 e. The van der Waals surface area contributed by atoms with E-state index in [1.54, 1.807) is 31.2 Å². The highest BCUT2D eigenvalue weighted by atomic mass is 32.2. The number of likely N-dealkylation sites (tertiary alicyclic amines) is 1. The Balaban J connectivity index is 1.47. The van der Waals surface area contributed by atoms with Gasteiger partial charge in [-0.1, -0.05) is 35.2 Å². The standard InChI is InChI=1S/C27H24N4O8S2/c1-3-39-25(35)14-4-8-15(9-5-14)29-17(32)12-30-24-21(41-27(30)37)18(13-6-10-16(38-2)11-7-13)19-20(40-24)23(34)31(22(19)33)26(28)36/h4-11,18-20H,3,12H2,1-2H3,(H2,28,36)(H,29,32)/t18-,19+,20-/m0/s1. The minimum Gasteiger partial charge on any atom is -0.497 e. The lowest BCUT2D eigenvalue weighted by Gasteiger charge is -2.30. The Hall–Kier alpha value is -4.43. The fourth-order valence-corrected chi connectivity index (χ4v) is 7.66. The van der Waals surface area contributed by atoms with Crippen molar-refractivity contribution in [3.8, 4) is 5.75 Å². The molecule has 0 radical (unpaired) electrons. The summed E-state index contributed by atoms with van der Waals surface area (Å²) in [6.07, 6.45) is 0. The summed E-state index contributed by atoms with van der Waals surface area (Å²) in [6, 6.07) is 11.8. The topological polar surface area (TPSA) is 167 Å². The highest BCUT2D eigenvalue weighted by Crippen LogP contribution is 2.53. The average molecular weight is 597 g/mol. The number of thioether (sulfide) groups is 1. The fraction of sp³-hybridized carbons (Fsp3) is 0.259. The highest BCUT2D eigenvalue weighted by molar-refractivity contribution is 8.00. The van der Waals surface area contributed by atoms with Crippen LogP contribution in [0.2, 0.25) is 0 Å². The monoisotopic (exact) mass is 596 g/mol. The minimum atomic E-state index is -1.17. The summed E-state index contributed by atoms with van der Waals surface area (Å²) in [6.45, 7) is 1.56. The summed E-state index contributed by atoms with van der Waals surface area (Å²) in [7, 11) is 1.51. The number of nitrogens with zero attached hydrogens (tertiary/aromatic N) is 2. The van der Waals surface area contributed by atoms with E-state index in [2.05, 4.69) is 5.32 Å². The molecule has 41 heavy (non-hydrogen) atoms. The Morgan fingerprint density at radius 3 is 2.29 bits per heavy atom. The number of fused-ring (bicyclic) bond motifs is 2. The van der Waals surface area contributed by atoms with Gasteiger partial charge in [-0.3, -0.25) is 23.7 Å². The molecule has 212 valence electrons. The number of ether oxygens (including phenoxy) is 2. The Labute approximate surface area is 241 Å². The zero-order valence-corrected chi connectivity index (χ0v) is 23.5. The number of carbonyl (C=O) groups excluding carboxylic acids is 5. The van der Waals surface area contributed by atoms with Crippen LogP contribution in [0.1, 0.15) is 33.6 Å². The second kappa shape index (κ2) is 11.2. The third-order valence-electron chi connectivity index (χ3n) is 6.73. The molecular formula is C27H24N4O8S2. The molecule has 0 unspecified atom stereocenters. The van der Waals surface area contributed by atoms with Gasteiger partial charge in [-0.15, -0.1) is 0 Å². The summed E-state index contributed by atoms with van der Waals surface area (Å²) >= 11 is 1.84. The predicted molar refractivity (Wildman–Crippen MR) is 149 cm³/mol. The molecular weight excluding hydrogens is 572 g/mol. The van der Waals surface area contributed by atoms with Crippen LogP contribution in [0.3, 0.4) is 0 Å². The van der Waals surface area contributed by atoms with E-state index in [9.17, 15) is 28.8 Å². The fourth-order valence-electron chi connectivity index (χ4n) is 4.89. The first-order valence-electron chi connectivity index (χ1n) is 12.4. The predicted octanol–water partition coefficient (Wildman–Crippen LogP) is 2.40. The number of hydrogen-bond donors (Lipinski definition) is 2. The van der Waals surface area contributed by atoms with Crippen molar-refractivity contribution in [3.05, 3.63) is 74.2 Å². The van der Waals surface area contributed by atoms with Crippen LogP contribution in [-0.2, 0) is 25.7 Å². The summed E-state index contributed by atoms with van der Waals surface area (Å²) in [4.78, 5) is 76.9. The maximum atomic E-state index is 13.3. The molecule has 5 rings (SSSR count). The van der Waals surface area contributed by atoms with Gasteiger partial charge in [-0.05, 0) is 48.9 Å².